The number of nitrogens with two attached hydrogens (primary N) is 1. The molecule has 118 valence electrons. The zero-order valence-electron chi connectivity index (χ0n) is 12.4. The van der Waals surface area contributed by atoms with Gasteiger partial charge < -0.3 is 15.8 Å². The molecule has 1 aliphatic rings. The average molecular weight is 332 g/mol. The number of sulfone groups is 1. The molecule has 1 heterocycles. The summed E-state index contributed by atoms with van der Waals surface area (Å²) in [4.78, 5) is 11.8. The van der Waals surface area contributed by atoms with Gasteiger partial charge in [0.15, 0.2) is 9.84 Å². The third kappa shape index (κ3) is 3.16. The van der Waals surface area contributed by atoms with E-state index in [9.17, 15) is 13.2 Å². The number of anilines is 2. The minimum atomic E-state index is -3.53. The molecule has 1 aromatic rings. The summed E-state index contributed by atoms with van der Waals surface area (Å²) in [5, 5.41) is 3.57. The lowest BCUT2D eigenvalue weighted by molar-refractivity contribution is 0.0607. The van der Waals surface area contributed by atoms with E-state index in [0.717, 1.165) is 30.4 Å². The number of carbonyl (C=O) groups excluding carboxylic acids is 1. The number of methoxy groups -OCH3 is 1. The minimum Gasteiger partial charge on any atom is -0.465 e. The predicted octanol–water partition coefficient (Wildman–Crippen LogP) is 2.12. The van der Waals surface area contributed by atoms with Crippen molar-refractivity contribution in [3.05, 3.63) is 4.88 Å². The van der Waals surface area contributed by atoms with Gasteiger partial charge in [0.05, 0.1) is 12.8 Å². The molecule has 0 spiro atoms. The van der Waals surface area contributed by atoms with Gasteiger partial charge in [-0.15, -0.1) is 11.3 Å². The molecule has 1 fully saturated rings. The Morgan fingerprint density at radius 2 is 2.10 bits per heavy atom. The van der Waals surface area contributed by atoms with E-state index in [1.54, 1.807) is 0 Å². The first kappa shape index (κ1) is 16.1. The third-order valence-electron chi connectivity index (χ3n) is 3.88. The van der Waals surface area contributed by atoms with Crippen LogP contribution in [0.3, 0.4) is 0 Å². The zero-order chi connectivity index (χ0) is 15.8. The van der Waals surface area contributed by atoms with Crippen molar-refractivity contribution in [2.24, 2.45) is 5.41 Å². The van der Waals surface area contributed by atoms with E-state index in [2.05, 4.69) is 17.0 Å². The molecule has 8 heteroatoms. The van der Waals surface area contributed by atoms with E-state index in [-0.39, 0.29) is 20.9 Å². The first-order valence-corrected chi connectivity index (χ1v) is 9.33. The number of hydrogen-bond donors (Lipinski definition) is 2. The fourth-order valence-electron chi connectivity index (χ4n) is 2.41. The first-order valence-electron chi connectivity index (χ1n) is 6.62. The highest BCUT2D eigenvalue weighted by molar-refractivity contribution is 7.91. The Labute approximate surface area is 128 Å². The van der Waals surface area contributed by atoms with Crippen LogP contribution >= 0.6 is 11.3 Å². The average Bonchev–Trinajstić information content (AvgIpc) is 2.70. The van der Waals surface area contributed by atoms with Crippen LogP contribution in [0.2, 0.25) is 0 Å². The Balaban J connectivity index is 2.36. The Morgan fingerprint density at radius 3 is 2.52 bits per heavy atom. The number of thiophene rings is 1. The summed E-state index contributed by atoms with van der Waals surface area (Å²) in [6.07, 6.45) is 4.50. The Kier molecular flexibility index (Phi) is 4.21. The predicted molar refractivity (Wildman–Crippen MR) is 83.6 cm³/mol. The van der Waals surface area contributed by atoms with E-state index < -0.39 is 15.8 Å². The van der Waals surface area contributed by atoms with E-state index >= 15 is 0 Å². The number of carbonyl (C=O) groups is 1. The maximum atomic E-state index is 11.9. The van der Waals surface area contributed by atoms with Crippen molar-refractivity contribution >= 4 is 37.8 Å². The quantitative estimate of drug-likeness (QED) is 0.801. The van der Waals surface area contributed by atoms with Crippen LogP contribution in [0, 0.1) is 5.41 Å². The fraction of sp³-hybridized carbons (Fsp3) is 0.615. The molecule has 1 saturated carbocycles. The molecule has 0 aliphatic heterocycles. The summed E-state index contributed by atoms with van der Waals surface area (Å²) in [6.45, 7) is 2.82. The fourth-order valence-corrected chi connectivity index (χ4v) is 4.89. The summed E-state index contributed by atoms with van der Waals surface area (Å²) >= 11 is 1.03. The van der Waals surface area contributed by atoms with Gasteiger partial charge in [-0.3, -0.25) is 0 Å². The van der Waals surface area contributed by atoms with E-state index in [0.29, 0.717) is 11.5 Å². The first-order chi connectivity index (χ1) is 9.68. The molecule has 0 amide bonds. The van der Waals surface area contributed by atoms with Gasteiger partial charge in [-0.2, -0.15) is 0 Å². The molecular formula is C13H20N2O4S2. The summed E-state index contributed by atoms with van der Waals surface area (Å²) in [6, 6.07) is 0. The lowest BCUT2D eigenvalue weighted by Gasteiger charge is -2.38. The molecule has 6 nitrogen and oxygen atoms in total. The minimum absolute atomic E-state index is 0.00387. The second-order valence-corrected chi connectivity index (χ2v) is 8.76. The monoisotopic (exact) mass is 332 g/mol. The largest absolute Gasteiger partial charge is 0.465 e. The van der Waals surface area contributed by atoms with Crippen molar-refractivity contribution in [2.45, 2.75) is 31.1 Å². The molecule has 2 rings (SSSR count). The number of hydrogen-bond acceptors (Lipinski definition) is 7. The second kappa shape index (κ2) is 5.49. The standard InChI is InChI=1S/C13H20N2O4S2/c1-13(5-4-6-13)7-15-11-10(21(3,17)18)8(14)9(20-11)12(16)19-2/h15H,4-7,14H2,1-3H3. The van der Waals surface area contributed by atoms with Crippen molar-refractivity contribution in [1.29, 1.82) is 0 Å². The van der Waals surface area contributed by atoms with Gasteiger partial charge in [-0.25, -0.2) is 13.2 Å². The highest BCUT2D eigenvalue weighted by Crippen LogP contribution is 2.43. The Morgan fingerprint density at radius 1 is 1.48 bits per heavy atom. The van der Waals surface area contributed by atoms with Gasteiger partial charge in [-0.1, -0.05) is 13.3 Å². The third-order valence-corrected chi connectivity index (χ3v) is 6.32. The molecule has 3 N–H and O–H groups in total. The molecular weight excluding hydrogens is 312 g/mol. The van der Waals surface area contributed by atoms with Crippen LogP contribution in [0.4, 0.5) is 10.7 Å². The highest BCUT2D eigenvalue weighted by Gasteiger charge is 2.33. The van der Waals surface area contributed by atoms with Crippen molar-refractivity contribution < 1.29 is 17.9 Å². The number of esters is 1. The van der Waals surface area contributed by atoms with Crippen LogP contribution in [-0.4, -0.2) is 34.3 Å². The van der Waals surface area contributed by atoms with Crippen LogP contribution in [0.15, 0.2) is 4.90 Å². The van der Waals surface area contributed by atoms with Gasteiger partial charge in [0.25, 0.3) is 0 Å². The Bertz CT molecular complexity index is 660. The number of nitrogen functional groups attached to an aromatic ring is 1. The highest BCUT2D eigenvalue weighted by atomic mass is 32.2. The maximum Gasteiger partial charge on any atom is 0.350 e. The maximum absolute atomic E-state index is 11.9. The van der Waals surface area contributed by atoms with Crippen LogP contribution in [-0.2, 0) is 14.6 Å². The van der Waals surface area contributed by atoms with Crippen molar-refractivity contribution in [1.82, 2.24) is 0 Å². The molecule has 1 aromatic heterocycles. The molecule has 21 heavy (non-hydrogen) atoms. The van der Waals surface area contributed by atoms with Crippen molar-refractivity contribution in [2.75, 3.05) is 31.0 Å². The SMILES string of the molecule is COC(=O)c1sc(NCC2(C)CCC2)c(S(C)(=O)=O)c1N. The summed E-state index contributed by atoms with van der Waals surface area (Å²) < 4.78 is 28.5. The summed E-state index contributed by atoms with van der Waals surface area (Å²) in [5.74, 6) is -0.620. The lowest BCUT2D eigenvalue weighted by atomic mass is 9.70. The van der Waals surface area contributed by atoms with Crippen molar-refractivity contribution in [3.8, 4) is 0 Å². The van der Waals surface area contributed by atoms with E-state index in [1.807, 2.05) is 0 Å². The van der Waals surface area contributed by atoms with Crippen LogP contribution < -0.4 is 11.1 Å². The molecule has 1 aliphatic carbocycles. The molecule has 0 bridgehead atoms. The van der Waals surface area contributed by atoms with Gasteiger partial charge in [0.2, 0.25) is 0 Å². The number of rotatable bonds is 5. The molecule has 0 atom stereocenters. The summed E-state index contributed by atoms with van der Waals surface area (Å²) in [7, 11) is -2.29. The molecule has 0 radical (unpaired) electrons. The zero-order valence-corrected chi connectivity index (χ0v) is 14.0. The molecule has 0 saturated heterocycles. The van der Waals surface area contributed by atoms with E-state index in [1.165, 1.54) is 13.5 Å². The molecule has 0 aromatic carbocycles. The van der Waals surface area contributed by atoms with Crippen LogP contribution in [0.25, 0.3) is 0 Å². The Hall–Kier alpha value is -1.28. The van der Waals surface area contributed by atoms with Gasteiger partial charge >= 0.3 is 5.97 Å². The number of ether oxygens (including phenoxy) is 1. The van der Waals surface area contributed by atoms with Gasteiger partial charge in [-0.05, 0) is 18.3 Å². The summed E-state index contributed by atoms with van der Waals surface area (Å²) in [5.41, 5.74) is 5.99. The molecule has 0 unspecified atom stereocenters. The van der Waals surface area contributed by atoms with Gasteiger partial charge in [0, 0.05) is 12.8 Å². The van der Waals surface area contributed by atoms with Crippen molar-refractivity contribution in [3.63, 3.8) is 0 Å². The van der Waals surface area contributed by atoms with Gasteiger partial charge in [0.1, 0.15) is 14.8 Å². The van der Waals surface area contributed by atoms with Crippen LogP contribution in [0.1, 0.15) is 35.9 Å². The van der Waals surface area contributed by atoms with E-state index in [4.69, 9.17) is 5.73 Å². The normalized spacial score (nSPS) is 17.1. The smallest absolute Gasteiger partial charge is 0.350 e. The lowest BCUT2D eigenvalue weighted by Crippen LogP contribution is -2.33. The topological polar surface area (TPSA) is 98.5 Å². The number of nitrogens with one attached hydrogen (secondary N) is 1. The second-order valence-electron chi connectivity index (χ2n) is 5.78. The van der Waals surface area contributed by atoms with Crippen LogP contribution in [0.5, 0.6) is 0 Å².